The van der Waals surface area contributed by atoms with Crippen molar-refractivity contribution in [3.8, 4) is 0 Å². The summed E-state index contributed by atoms with van der Waals surface area (Å²) in [6.45, 7) is 4.03. The molecule has 0 aromatic heterocycles. The van der Waals surface area contributed by atoms with Crippen LogP contribution in [0, 0.1) is 0 Å². The number of β-lactam (4-membered cyclic amide) rings is 1. The molecule has 1 fully saturated rings. The summed E-state index contributed by atoms with van der Waals surface area (Å²) in [6.07, 6.45) is -2.28. The molecule has 0 aromatic rings. The van der Waals surface area contributed by atoms with E-state index in [0.29, 0.717) is 5.57 Å². The lowest BCUT2D eigenvalue weighted by Crippen LogP contribution is -2.72. The topological polar surface area (TPSA) is 160 Å². The summed E-state index contributed by atoms with van der Waals surface area (Å²) in [6, 6.07) is -1.93. The van der Waals surface area contributed by atoms with E-state index in [1.807, 2.05) is 0 Å². The van der Waals surface area contributed by atoms with Crippen molar-refractivity contribution < 1.29 is 38.1 Å². The zero-order valence-corrected chi connectivity index (χ0v) is 16.7. The Hall–Kier alpha value is -2.31. The van der Waals surface area contributed by atoms with Crippen molar-refractivity contribution in [3.05, 3.63) is 11.0 Å². The van der Waals surface area contributed by atoms with E-state index in [1.165, 1.54) is 44.5 Å². The summed E-state index contributed by atoms with van der Waals surface area (Å²) in [5.74, 6) is -2.04. The molecule has 0 saturated carbocycles. The number of rotatable bonds is 7. The molecule has 1 saturated heterocycles. The highest BCUT2D eigenvalue weighted by atomic mass is 32.2. The molecule has 11 nitrogen and oxygen atoms in total. The van der Waals surface area contributed by atoms with E-state index in [1.54, 1.807) is 5.41 Å². The lowest BCUT2D eigenvalue weighted by Gasteiger charge is -2.50. The van der Waals surface area contributed by atoms with E-state index in [2.05, 4.69) is 0 Å². The number of esters is 2. The lowest BCUT2D eigenvalue weighted by atomic mass is 9.99. The first-order chi connectivity index (χ1) is 13.0. The van der Waals surface area contributed by atoms with Gasteiger partial charge >= 0.3 is 18.0 Å². The van der Waals surface area contributed by atoms with Crippen LogP contribution in [0.2, 0.25) is 0 Å². The lowest BCUT2D eigenvalue weighted by molar-refractivity contribution is -0.201. The number of fused-ring (bicyclic) bond motifs is 1. The molecular weight excluding hydrogens is 394 g/mol. The van der Waals surface area contributed by atoms with Crippen LogP contribution in [0.15, 0.2) is 11.0 Å². The predicted octanol–water partition coefficient (Wildman–Crippen LogP) is -0.566. The normalized spacial score (nSPS) is 25.0. The number of nitrogens with zero attached hydrogens (tertiary/aromatic N) is 1. The van der Waals surface area contributed by atoms with Crippen molar-refractivity contribution in [3.63, 3.8) is 0 Å². The van der Waals surface area contributed by atoms with Crippen molar-refractivity contribution in [1.29, 1.82) is 0 Å². The molecule has 0 spiro atoms. The number of ether oxygens (including phenoxy) is 4. The van der Waals surface area contributed by atoms with E-state index < -0.39 is 53.3 Å². The SMILES string of the molecule is COC(C)(C)C(=O)OC(C)OC(=O)[C@H]1C(COC(N)=O)=CS[C@@H]2[C@H](N)C(=O)N12. The largest absolute Gasteiger partial charge is 0.445 e. The summed E-state index contributed by atoms with van der Waals surface area (Å²) in [5, 5.41) is 1.13. The van der Waals surface area contributed by atoms with Gasteiger partial charge in [-0.15, -0.1) is 11.8 Å². The van der Waals surface area contributed by atoms with Crippen molar-refractivity contribution in [2.45, 2.75) is 50.1 Å². The second-order valence-electron chi connectivity index (χ2n) is 6.63. The fourth-order valence-corrected chi connectivity index (χ4v) is 3.65. The highest BCUT2D eigenvalue weighted by Crippen LogP contribution is 2.39. The maximum atomic E-state index is 12.7. The van der Waals surface area contributed by atoms with Crippen molar-refractivity contribution in [1.82, 2.24) is 4.90 Å². The third-order valence-electron chi connectivity index (χ3n) is 4.27. The van der Waals surface area contributed by atoms with Crippen molar-refractivity contribution >= 4 is 35.7 Å². The van der Waals surface area contributed by atoms with Gasteiger partial charge in [0.1, 0.15) is 18.0 Å². The molecule has 4 N–H and O–H groups in total. The standard InChI is InChI=1S/C16H23N3O8S/c1-7(27-14(22)16(2,3)24-4)26-13(21)10-8(5-25-15(18)23)6-28-12-9(17)11(20)19(10)12/h6-7,9-10,12H,5,17H2,1-4H3,(H2,18,23)/t7?,9-,10-,12-/m1/s1. The number of hydrogen-bond acceptors (Lipinski definition) is 10. The average Bonchev–Trinajstić information content (AvgIpc) is 2.64. The van der Waals surface area contributed by atoms with Crippen LogP contribution >= 0.6 is 11.8 Å². The first kappa shape index (κ1) is 22.0. The molecule has 0 radical (unpaired) electrons. The van der Waals surface area contributed by atoms with Gasteiger partial charge in [-0.3, -0.25) is 4.79 Å². The first-order valence-electron chi connectivity index (χ1n) is 8.30. The summed E-state index contributed by atoms with van der Waals surface area (Å²) in [4.78, 5) is 49.0. The van der Waals surface area contributed by atoms with Gasteiger partial charge in [-0.05, 0) is 19.3 Å². The second-order valence-corrected chi connectivity index (χ2v) is 7.62. The minimum Gasteiger partial charge on any atom is -0.445 e. The maximum absolute atomic E-state index is 12.7. The number of carbonyl (C=O) groups is 4. The fourth-order valence-electron chi connectivity index (χ4n) is 2.50. The van der Waals surface area contributed by atoms with Crippen LogP contribution in [-0.4, -0.2) is 71.9 Å². The molecule has 2 rings (SSSR count). The van der Waals surface area contributed by atoms with Gasteiger partial charge in [0, 0.05) is 19.6 Å². The van der Waals surface area contributed by atoms with Crippen LogP contribution in [0.3, 0.4) is 0 Å². The van der Waals surface area contributed by atoms with Gasteiger partial charge in [0.05, 0.1) is 0 Å². The molecule has 2 heterocycles. The molecule has 0 aromatic carbocycles. The van der Waals surface area contributed by atoms with Gasteiger partial charge in [-0.2, -0.15) is 0 Å². The van der Waals surface area contributed by atoms with E-state index in [0.717, 1.165) is 0 Å². The molecule has 1 unspecified atom stereocenters. The molecule has 28 heavy (non-hydrogen) atoms. The Balaban J connectivity index is 2.11. The van der Waals surface area contributed by atoms with Crippen LogP contribution in [-0.2, 0) is 33.3 Å². The highest BCUT2D eigenvalue weighted by Gasteiger charge is 2.54. The monoisotopic (exact) mass is 417 g/mol. The summed E-state index contributed by atoms with van der Waals surface area (Å²) < 4.78 is 20.0. The number of thioether (sulfide) groups is 1. The van der Waals surface area contributed by atoms with Crippen LogP contribution in [0.4, 0.5) is 4.79 Å². The quantitative estimate of drug-likeness (QED) is 0.312. The third kappa shape index (κ3) is 4.39. The third-order valence-corrected chi connectivity index (χ3v) is 5.51. The Labute approximate surface area is 165 Å². The highest BCUT2D eigenvalue weighted by molar-refractivity contribution is 8.02. The summed E-state index contributed by atoms with van der Waals surface area (Å²) in [5.41, 5.74) is 9.78. The Morgan fingerprint density at radius 3 is 2.54 bits per heavy atom. The molecule has 2 aliphatic heterocycles. The van der Waals surface area contributed by atoms with Gasteiger partial charge in [0.15, 0.2) is 11.6 Å². The van der Waals surface area contributed by atoms with Crippen LogP contribution in [0.1, 0.15) is 20.8 Å². The first-order valence-corrected chi connectivity index (χ1v) is 9.25. The average molecular weight is 417 g/mol. The summed E-state index contributed by atoms with van der Waals surface area (Å²) in [7, 11) is 1.34. The van der Waals surface area contributed by atoms with E-state index in [4.69, 9.17) is 30.4 Å². The Bertz CT molecular complexity index is 710. The molecule has 156 valence electrons. The summed E-state index contributed by atoms with van der Waals surface area (Å²) >= 11 is 1.22. The molecule has 2 amide bonds. The zero-order chi connectivity index (χ0) is 21.2. The molecular formula is C16H23N3O8S. The van der Waals surface area contributed by atoms with E-state index in [9.17, 15) is 19.2 Å². The molecule has 4 atom stereocenters. The molecule has 2 aliphatic rings. The smallest absolute Gasteiger partial charge is 0.404 e. The number of methoxy groups -OCH3 is 1. The predicted molar refractivity (Wildman–Crippen MR) is 96.3 cm³/mol. The van der Waals surface area contributed by atoms with Gasteiger partial charge in [-0.1, -0.05) is 0 Å². The molecule has 0 bridgehead atoms. The molecule has 0 aliphatic carbocycles. The van der Waals surface area contributed by atoms with Crippen LogP contribution < -0.4 is 11.5 Å². The second kappa shape index (κ2) is 8.37. The number of amides is 2. The number of primary amides is 1. The van der Waals surface area contributed by atoms with Crippen LogP contribution in [0.25, 0.3) is 0 Å². The van der Waals surface area contributed by atoms with Crippen LogP contribution in [0.5, 0.6) is 0 Å². The van der Waals surface area contributed by atoms with Crippen molar-refractivity contribution in [2.75, 3.05) is 13.7 Å². The minimum absolute atomic E-state index is 0.293. The van der Waals surface area contributed by atoms with Gasteiger partial charge in [0.2, 0.25) is 12.2 Å². The Morgan fingerprint density at radius 1 is 1.32 bits per heavy atom. The fraction of sp³-hybridized carbons (Fsp3) is 0.625. The zero-order valence-electron chi connectivity index (χ0n) is 15.9. The number of hydrogen-bond donors (Lipinski definition) is 2. The van der Waals surface area contributed by atoms with E-state index in [-0.39, 0.29) is 6.61 Å². The molecule has 12 heteroatoms. The minimum atomic E-state index is -1.24. The van der Waals surface area contributed by atoms with Crippen molar-refractivity contribution in [2.24, 2.45) is 11.5 Å². The number of carbonyl (C=O) groups excluding carboxylic acids is 4. The Kier molecular flexibility index (Phi) is 6.57. The Morgan fingerprint density at radius 2 is 1.96 bits per heavy atom. The van der Waals surface area contributed by atoms with E-state index >= 15 is 0 Å². The number of nitrogens with two attached hydrogens (primary N) is 2. The van der Waals surface area contributed by atoms with Gasteiger partial charge in [-0.25, -0.2) is 14.4 Å². The maximum Gasteiger partial charge on any atom is 0.404 e. The van der Waals surface area contributed by atoms with Gasteiger partial charge < -0.3 is 35.3 Å². The van der Waals surface area contributed by atoms with Gasteiger partial charge in [0.25, 0.3) is 0 Å².